The molecule has 0 heterocycles. The fraction of sp³-hybridized carbons (Fsp3) is 0.208. The smallest absolute Gasteiger partial charge is 0.221 e. The van der Waals surface area contributed by atoms with Gasteiger partial charge in [0.1, 0.15) is 0 Å². The summed E-state index contributed by atoms with van der Waals surface area (Å²) in [6, 6.07) is 24.4. The first kappa shape index (κ1) is 19.6. The van der Waals surface area contributed by atoms with Crippen LogP contribution in [0.5, 0.6) is 5.75 Å². The third-order valence-electron chi connectivity index (χ3n) is 4.85. The summed E-state index contributed by atoms with van der Waals surface area (Å²) >= 11 is 0. The monoisotopic (exact) mass is 377 g/mol. The predicted molar refractivity (Wildman–Crippen MR) is 109 cm³/mol. The van der Waals surface area contributed by atoms with Gasteiger partial charge in [0.25, 0.3) is 0 Å². The first-order valence-electron chi connectivity index (χ1n) is 9.31. The number of carbonyl (C=O) groups excluding carboxylic acids is 1. The second-order valence-corrected chi connectivity index (χ2v) is 6.76. The first-order valence-corrected chi connectivity index (χ1v) is 9.31. The molecule has 1 N–H and O–H groups in total. The number of halogens is 1. The van der Waals surface area contributed by atoms with Gasteiger partial charge in [0.2, 0.25) is 5.91 Å². The van der Waals surface area contributed by atoms with Crippen molar-refractivity contribution in [2.45, 2.75) is 25.3 Å². The molecule has 3 rings (SSSR count). The molecule has 0 aliphatic rings. The van der Waals surface area contributed by atoms with E-state index in [0.717, 1.165) is 11.1 Å². The lowest BCUT2D eigenvalue weighted by Crippen LogP contribution is -2.28. The molecule has 0 fully saturated rings. The van der Waals surface area contributed by atoms with Gasteiger partial charge in [0.15, 0.2) is 11.6 Å². The third kappa shape index (κ3) is 4.77. The van der Waals surface area contributed by atoms with Gasteiger partial charge in [-0.25, -0.2) is 4.39 Å². The van der Waals surface area contributed by atoms with Crippen LogP contribution in [-0.2, 0) is 4.79 Å². The summed E-state index contributed by atoms with van der Waals surface area (Å²) in [6.45, 7) is 1.85. The third-order valence-corrected chi connectivity index (χ3v) is 4.85. The van der Waals surface area contributed by atoms with Crippen LogP contribution in [0.4, 0.5) is 4.39 Å². The Kier molecular flexibility index (Phi) is 6.43. The largest absolute Gasteiger partial charge is 0.494 e. The standard InChI is InChI=1S/C24H24FNO2/c1-17(20-13-14-23(28-2)22(25)15-20)26-24(27)16-21(18-9-5-3-6-10-18)19-11-7-4-8-12-19/h3-15,17,21H,16H2,1-2H3,(H,26,27). The number of hydrogen-bond acceptors (Lipinski definition) is 2. The van der Waals surface area contributed by atoms with Gasteiger partial charge >= 0.3 is 0 Å². The van der Waals surface area contributed by atoms with Gasteiger partial charge in [-0.2, -0.15) is 0 Å². The van der Waals surface area contributed by atoms with Crippen molar-refractivity contribution in [2.24, 2.45) is 0 Å². The summed E-state index contributed by atoms with van der Waals surface area (Å²) in [5, 5.41) is 2.98. The average molecular weight is 377 g/mol. The van der Waals surface area contributed by atoms with Crippen molar-refractivity contribution in [3.8, 4) is 5.75 Å². The number of nitrogens with one attached hydrogen (secondary N) is 1. The van der Waals surface area contributed by atoms with E-state index in [1.807, 2.05) is 67.6 Å². The fourth-order valence-corrected chi connectivity index (χ4v) is 3.32. The summed E-state index contributed by atoms with van der Waals surface area (Å²) in [5.74, 6) is -0.369. The molecule has 3 nitrogen and oxygen atoms in total. The van der Waals surface area contributed by atoms with E-state index in [-0.39, 0.29) is 23.6 Å². The van der Waals surface area contributed by atoms with Crippen LogP contribution in [0.25, 0.3) is 0 Å². The molecule has 1 atom stereocenters. The SMILES string of the molecule is COc1ccc(C(C)NC(=O)CC(c2ccccc2)c2ccccc2)cc1F. The summed E-state index contributed by atoms with van der Waals surface area (Å²) in [7, 11) is 1.43. The van der Waals surface area contributed by atoms with Gasteiger partial charge in [-0.15, -0.1) is 0 Å². The van der Waals surface area contributed by atoms with Crippen LogP contribution < -0.4 is 10.1 Å². The van der Waals surface area contributed by atoms with Gasteiger partial charge in [-0.3, -0.25) is 4.79 Å². The summed E-state index contributed by atoms with van der Waals surface area (Å²) in [5.41, 5.74) is 2.88. The van der Waals surface area contributed by atoms with Crippen LogP contribution in [0.2, 0.25) is 0 Å². The molecule has 4 heteroatoms. The maximum Gasteiger partial charge on any atom is 0.221 e. The van der Waals surface area contributed by atoms with Crippen LogP contribution in [0.15, 0.2) is 78.9 Å². The van der Waals surface area contributed by atoms with E-state index in [2.05, 4.69) is 5.32 Å². The number of carbonyl (C=O) groups is 1. The Morgan fingerprint density at radius 2 is 1.50 bits per heavy atom. The zero-order chi connectivity index (χ0) is 19.9. The molecular weight excluding hydrogens is 353 g/mol. The molecule has 1 unspecified atom stereocenters. The highest BCUT2D eigenvalue weighted by molar-refractivity contribution is 5.78. The van der Waals surface area contributed by atoms with E-state index in [9.17, 15) is 9.18 Å². The topological polar surface area (TPSA) is 38.3 Å². The lowest BCUT2D eigenvalue weighted by molar-refractivity contribution is -0.121. The van der Waals surface area contributed by atoms with Crippen molar-refractivity contribution in [1.82, 2.24) is 5.32 Å². The average Bonchev–Trinajstić information content (AvgIpc) is 2.73. The maximum atomic E-state index is 14.0. The molecule has 0 aromatic heterocycles. The van der Waals surface area contributed by atoms with Gasteiger partial charge in [0, 0.05) is 12.3 Å². The second-order valence-electron chi connectivity index (χ2n) is 6.76. The van der Waals surface area contributed by atoms with Crippen molar-refractivity contribution in [3.63, 3.8) is 0 Å². The molecule has 3 aromatic rings. The highest BCUT2D eigenvalue weighted by Crippen LogP contribution is 2.28. The molecule has 3 aromatic carbocycles. The van der Waals surface area contributed by atoms with Gasteiger partial charge < -0.3 is 10.1 Å². The van der Waals surface area contributed by atoms with Crippen LogP contribution in [0, 0.1) is 5.82 Å². The Hall–Kier alpha value is -3.14. The Balaban J connectivity index is 1.74. The number of hydrogen-bond donors (Lipinski definition) is 1. The molecule has 0 spiro atoms. The van der Waals surface area contributed by atoms with E-state index in [1.54, 1.807) is 12.1 Å². The minimum absolute atomic E-state index is 0.0396. The number of ether oxygens (including phenoxy) is 1. The molecule has 0 saturated carbocycles. The lowest BCUT2D eigenvalue weighted by Gasteiger charge is -2.20. The zero-order valence-corrected chi connectivity index (χ0v) is 16.1. The van der Waals surface area contributed by atoms with Gasteiger partial charge in [-0.05, 0) is 35.7 Å². The number of methoxy groups -OCH3 is 1. The Bertz CT molecular complexity index is 873. The Morgan fingerprint density at radius 1 is 0.929 bits per heavy atom. The summed E-state index contributed by atoms with van der Waals surface area (Å²) in [4.78, 5) is 12.8. The van der Waals surface area contributed by atoms with E-state index in [4.69, 9.17) is 4.74 Å². The molecule has 0 aliphatic heterocycles. The van der Waals surface area contributed by atoms with Crippen LogP contribution >= 0.6 is 0 Å². The van der Waals surface area contributed by atoms with E-state index >= 15 is 0 Å². The molecule has 1 amide bonds. The fourth-order valence-electron chi connectivity index (χ4n) is 3.32. The minimum atomic E-state index is -0.437. The lowest BCUT2D eigenvalue weighted by atomic mass is 9.88. The predicted octanol–water partition coefficient (Wildman–Crippen LogP) is 5.23. The maximum absolute atomic E-state index is 14.0. The molecule has 0 aliphatic carbocycles. The molecule has 28 heavy (non-hydrogen) atoms. The van der Waals surface area contributed by atoms with Gasteiger partial charge in [0.05, 0.1) is 13.2 Å². The van der Waals surface area contributed by atoms with Crippen LogP contribution in [0.3, 0.4) is 0 Å². The van der Waals surface area contributed by atoms with Gasteiger partial charge in [-0.1, -0.05) is 66.7 Å². The quantitative estimate of drug-likeness (QED) is 0.612. The van der Waals surface area contributed by atoms with Crippen LogP contribution in [0.1, 0.15) is 42.0 Å². The second kappa shape index (κ2) is 9.18. The highest BCUT2D eigenvalue weighted by Gasteiger charge is 2.20. The van der Waals surface area contributed by atoms with Crippen molar-refractivity contribution < 1.29 is 13.9 Å². The summed E-state index contributed by atoms with van der Waals surface area (Å²) < 4.78 is 18.9. The Morgan fingerprint density at radius 3 is 2.00 bits per heavy atom. The molecule has 144 valence electrons. The molecular formula is C24H24FNO2. The van der Waals surface area contributed by atoms with E-state index in [0.29, 0.717) is 12.0 Å². The summed E-state index contributed by atoms with van der Waals surface area (Å²) in [6.07, 6.45) is 0.316. The highest BCUT2D eigenvalue weighted by atomic mass is 19.1. The molecule has 0 saturated heterocycles. The van der Waals surface area contributed by atoms with Crippen molar-refractivity contribution in [2.75, 3.05) is 7.11 Å². The zero-order valence-electron chi connectivity index (χ0n) is 16.1. The minimum Gasteiger partial charge on any atom is -0.494 e. The number of amides is 1. The molecule has 0 bridgehead atoms. The van der Waals surface area contributed by atoms with Crippen LogP contribution in [-0.4, -0.2) is 13.0 Å². The van der Waals surface area contributed by atoms with E-state index in [1.165, 1.54) is 13.2 Å². The number of benzene rings is 3. The van der Waals surface area contributed by atoms with Crippen molar-refractivity contribution >= 4 is 5.91 Å². The number of rotatable bonds is 7. The van der Waals surface area contributed by atoms with Crippen molar-refractivity contribution in [1.29, 1.82) is 0 Å². The Labute approximate surface area is 165 Å². The van der Waals surface area contributed by atoms with Crippen molar-refractivity contribution in [3.05, 3.63) is 101 Å². The normalized spacial score (nSPS) is 11.9. The molecule has 0 radical (unpaired) electrons. The first-order chi connectivity index (χ1) is 13.6. The van der Waals surface area contributed by atoms with E-state index < -0.39 is 5.82 Å².